The number of amides is 1. The van der Waals surface area contributed by atoms with Gasteiger partial charge in [0.25, 0.3) is 0 Å². The number of Topliss-reactive ketones (excluding diaryl/α,β-unsaturated/α-hetero) is 1. The van der Waals surface area contributed by atoms with Crippen molar-refractivity contribution in [3.63, 3.8) is 0 Å². The van der Waals surface area contributed by atoms with Gasteiger partial charge in [-0.25, -0.2) is 9.97 Å². The summed E-state index contributed by atoms with van der Waals surface area (Å²) in [6.07, 6.45) is 11.7. The van der Waals surface area contributed by atoms with Gasteiger partial charge in [0.1, 0.15) is 5.75 Å². The number of thiophene rings is 1. The molecule has 1 aliphatic heterocycles. The molecule has 4 aromatic rings. The zero-order valence-corrected chi connectivity index (χ0v) is 31.9. The van der Waals surface area contributed by atoms with E-state index >= 15 is 0 Å². The van der Waals surface area contributed by atoms with Gasteiger partial charge >= 0.3 is 5.97 Å². The summed E-state index contributed by atoms with van der Waals surface area (Å²) in [5.41, 5.74) is 3.71. The lowest BCUT2D eigenvalue weighted by atomic mass is 9.91. The fourth-order valence-corrected chi connectivity index (χ4v) is 7.67. The molecule has 276 valence electrons. The zero-order chi connectivity index (χ0) is 37.1. The van der Waals surface area contributed by atoms with Gasteiger partial charge in [-0.1, -0.05) is 89.8 Å². The Labute approximate surface area is 312 Å². The minimum Gasteiger partial charge on any atom is -0.494 e. The quantitative estimate of drug-likeness (QED) is 0.0804. The van der Waals surface area contributed by atoms with Gasteiger partial charge in [0.05, 0.1) is 11.5 Å². The van der Waals surface area contributed by atoms with E-state index in [1.807, 2.05) is 78.0 Å². The summed E-state index contributed by atoms with van der Waals surface area (Å²) < 4.78 is 5.91. The SMILES string of the molecule is CCCCCCCOc1ccc(-c2cnc(-c3ccc(C[C@H](CC(=O)c4ccc(C(C)(C)C)s4)C(=O)N4CCC(CCC(=O)O)C4)cc3)nc2)cc1. The standard InChI is InChI=1S/C43H53N3O5S/c1-5-6-7-8-9-24-51-36-17-15-32(16-18-36)35-27-44-41(45-28-35)33-13-10-30(11-14-33)25-34(26-37(47)38-19-20-39(52-38)43(2,3)4)42(50)46-23-22-31(29-46)12-21-40(48)49/h10-11,13-20,27-28,31,34H,5-9,12,21-26,29H2,1-4H3,(H,48,49)/t31?,34-/m1/s1. The van der Waals surface area contributed by atoms with E-state index in [1.54, 1.807) is 0 Å². The Bertz CT molecular complexity index is 1760. The maximum Gasteiger partial charge on any atom is 0.303 e. The summed E-state index contributed by atoms with van der Waals surface area (Å²) in [4.78, 5) is 51.6. The van der Waals surface area contributed by atoms with E-state index in [1.165, 1.54) is 37.0 Å². The smallest absolute Gasteiger partial charge is 0.303 e. The Hall–Kier alpha value is -4.37. The molecular weight excluding hydrogens is 671 g/mol. The number of nitrogens with zero attached hydrogens (tertiary/aromatic N) is 3. The molecule has 0 saturated carbocycles. The van der Waals surface area contributed by atoms with Crippen LogP contribution in [0.5, 0.6) is 5.75 Å². The van der Waals surface area contributed by atoms with Crippen molar-refractivity contribution in [1.82, 2.24) is 14.9 Å². The third-order valence-corrected chi connectivity index (χ3v) is 11.4. The predicted octanol–water partition coefficient (Wildman–Crippen LogP) is 9.66. The maximum absolute atomic E-state index is 13.9. The molecule has 0 bridgehead atoms. The largest absolute Gasteiger partial charge is 0.494 e. The van der Waals surface area contributed by atoms with Crippen molar-refractivity contribution in [1.29, 1.82) is 0 Å². The van der Waals surface area contributed by atoms with Crippen LogP contribution in [0.4, 0.5) is 0 Å². The maximum atomic E-state index is 13.9. The summed E-state index contributed by atoms with van der Waals surface area (Å²) in [5.74, 6) is 0.244. The monoisotopic (exact) mass is 723 g/mol. The Morgan fingerprint density at radius 3 is 2.25 bits per heavy atom. The van der Waals surface area contributed by atoms with Crippen LogP contribution in [0.2, 0.25) is 0 Å². The van der Waals surface area contributed by atoms with Gasteiger partial charge in [-0.3, -0.25) is 14.4 Å². The molecule has 1 saturated heterocycles. The molecule has 0 radical (unpaired) electrons. The van der Waals surface area contributed by atoms with E-state index < -0.39 is 11.9 Å². The highest BCUT2D eigenvalue weighted by molar-refractivity contribution is 7.14. The molecule has 9 heteroatoms. The number of ketones is 1. The second-order valence-corrected chi connectivity index (χ2v) is 16.2. The first kappa shape index (κ1) is 38.9. The van der Waals surface area contributed by atoms with Crippen LogP contribution in [0.1, 0.15) is 106 Å². The average molecular weight is 724 g/mol. The predicted molar refractivity (Wildman–Crippen MR) is 208 cm³/mol. The number of aliphatic carboxylic acids is 1. The van der Waals surface area contributed by atoms with Crippen molar-refractivity contribution in [2.75, 3.05) is 19.7 Å². The van der Waals surface area contributed by atoms with Gasteiger partial charge in [-0.05, 0) is 72.4 Å². The minimum absolute atomic E-state index is 0.0226. The summed E-state index contributed by atoms with van der Waals surface area (Å²) in [5, 5.41) is 9.14. The molecule has 1 amide bonds. The van der Waals surface area contributed by atoms with Crippen LogP contribution in [0.15, 0.2) is 73.1 Å². The van der Waals surface area contributed by atoms with E-state index in [4.69, 9.17) is 9.84 Å². The van der Waals surface area contributed by atoms with E-state index in [0.29, 0.717) is 36.6 Å². The van der Waals surface area contributed by atoms with Gasteiger partial charge < -0.3 is 14.7 Å². The second kappa shape index (κ2) is 18.4. The number of unbranched alkanes of at least 4 members (excludes halogenated alkanes) is 4. The number of aromatic nitrogens is 2. The Balaban J connectivity index is 1.23. The summed E-state index contributed by atoms with van der Waals surface area (Å²) >= 11 is 1.51. The normalized spacial score (nSPS) is 15.1. The zero-order valence-electron chi connectivity index (χ0n) is 31.1. The van der Waals surface area contributed by atoms with Crippen LogP contribution in [-0.2, 0) is 21.4 Å². The second-order valence-electron chi connectivity index (χ2n) is 15.1. The molecule has 2 atom stereocenters. The number of carbonyl (C=O) groups excluding carboxylic acids is 2. The number of carboxylic acids is 1. The topological polar surface area (TPSA) is 110 Å². The van der Waals surface area contributed by atoms with E-state index in [-0.39, 0.29) is 35.9 Å². The highest BCUT2D eigenvalue weighted by atomic mass is 32.1. The van der Waals surface area contributed by atoms with Crippen molar-refractivity contribution in [3.8, 4) is 28.3 Å². The van der Waals surface area contributed by atoms with Gasteiger partial charge in [0, 0.05) is 60.2 Å². The first-order chi connectivity index (χ1) is 25.0. The lowest BCUT2D eigenvalue weighted by molar-refractivity contribution is -0.137. The summed E-state index contributed by atoms with van der Waals surface area (Å²) in [6, 6.07) is 19.8. The molecule has 0 aliphatic carbocycles. The third-order valence-electron chi connectivity index (χ3n) is 9.82. The van der Waals surface area contributed by atoms with Gasteiger partial charge in [-0.15, -0.1) is 11.3 Å². The van der Waals surface area contributed by atoms with Gasteiger partial charge in [-0.2, -0.15) is 0 Å². The van der Waals surface area contributed by atoms with Crippen LogP contribution in [0.3, 0.4) is 0 Å². The molecule has 5 rings (SSSR count). The number of hydrogen-bond donors (Lipinski definition) is 1. The van der Waals surface area contributed by atoms with Crippen LogP contribution in [0, 0.1) is 11.8 Å². The number of carbonyl (C=O) groups is 3. The van der Waals surface area contributed by atoms with E-state index in [2.05, 4.69) is 37.7 Å². The molecule has 8 nitrogen and oxygen atoms in total. The van der Waals surface area contributed by atoms with Crippen LogP contribution in [0.25, 0.3) is 22.5 Å². The van der Waals surface area contributed by atoms with Gasteiger partial charge in [0.2, 0.25) is 5.91 Å². The Morgan fingerprint density at radius 1 is 0.904 bits per heavy atom. The molecule has 2 aromatic heterocycles. The highest BCUT2D eigenvalue weighted by Crippen LogP contribution is 2.32. The van der Waals surface area contributed by atoms with Crippen molar-refractivity contribution in [2.24, 2.45) is 11.8 Å². The summed E-state index contributed by atoms with van der Waals surface area (Å²) in [7, 11) is 0. The van der Waals surface area contributed by atoms with Crippen molar-refractivity contribution in [3.05, 3.63) is 88.4 Å². The lowest BCUT2D eigenvalue weighted by Crippen LogP contribution is -2.36. The number of carboxylic acid groups (broad SMARTS) is 1. The number of ether oxygens (including phenoxy) is 1. The van der Waals surface area contributed by atoms with Crippen molar-refractivity contribution < 1.29 is 24.2 Å². The first-order valence-electron chi connectivity index (χ1n) is 18.8. The minimum atomic E-state index is -0.817. The van der Waals surface area contributed by atoms with Gasteiger partial charge in [0.15, 0.2) is 11.6 Å². The summed E-state index contributed by atoms with van der Waals surface area (Å²) in [6.45, 7) is 10.5. The number of likely N-dealkylation sites (tertiary alicyclic amines) is 1. The number of benzene rings is 2. The van der Waals surface area contributed by atoms with E-state index in [9.17, 15) is 14.4 Å². The lowest BCUT2D eigenvalue weighted by Gasteiger charge is -2.23. The molecule has 1 fully saturated rings. The van der Waals surface area contributed by atoms with Crippen molar-refractivity contribution in [2.45, 2.75) is 97.3 Å². The Kier molecular flexibility index (Phi) is 13.8. The molecule has 1 aliphatic rings. The fraction of sp³-hybridized carbons (Fsp3) is 0.465. The Morgan fingerprint density at radius 2 is 1.60 bits per heavy atom. The molecule has 1 N–H and O–H groups in total. The highest BCUT2D eigenvalue weighted by Gasteiger charge is 2.33. The van der Waals surface area contributed by atoms with Crippen LogP contribution < -0.4 is 4.74 Å². The fourth-order valence-electron chi connectivity index (χ4n) is 6.66. The third kappa shape index (κ3) is 11.1. The average Bonchev–Trinajstić information content (AvgIpc) is 3.84. The molecule has 3 heterocycles. The number of rotatable bonds is 18. The molecule has 2 aromatic carbocycles. The molecule has 0 spiro atoms. The molecular formula is C43H53N3O5S. The van der Waals surface area contributed by atoms with Crippen LogP contribution >= 0.6 is 11.3 Å². The number of hydrogen-bond acceptors (Lipinski definition) is 7. The molecule has 1 unspecified atom stereocenters. The van der Waals surface area contributed by atoms with Crippen molar-refractivity contribution >= 4 is 29.0 Å². The first-order valence-corrected chi connectivity index (χ1v) is 19.6. The molecule has 52 heavy (non-hydrogen) atoms. The van der Waals surface area contributed by atoms with E-state index in [0.717, 1.165) is 52.3 Å². The van der Waals surface area contributed by atoms with Crippen LogP contribution in [-0.4, -0.2) is 57.3 Å².